The Balaban J connectivity index is 1.63. The van der Waals surface area contributed by atoms with Crippen molar-refractivity contribution in [1.82, 2.24) is 5.32 Å². The summed E-state index contributed by atoms with van der Waals surface area (Å²) in [6, 6.07) is 10.2. The number of rotatable bonds is 2. The van der Waals surface area contributed by atoms with Crippen LogP contribution in [0.1, 0.15) is 24.0 Å². The minimum atomic E-state index is 0.673. The van der Waals surface area contributed by atoms with Crippen molar-refractivity contribution in [3.63, 3.8) is 0 Å². The lowest BCUT2D eigenvalue weighted by Crippen LogP contribution is -2.37. The number of hydrogen-bond donors (Lipinski definition) is 1. The lowest BCUT2D eigenvalue weighted by Gasteiger charge is -2.17. The molecule has 1 heteroatoms. The summed E-state index contributed by atoms with van der Waals surface area (Å²) in [5.74, 6) is 0. The quantitative estimate of drug-likeness (QED) is 0.721. The Bertz CT molecular complexity index is 348. The van der Waals surface area contributed by atoms with Gasteiger partial charge in [-0.25, -0.2) is 0 Å². The Morgan fingerprint density at radius 1 is 0.867 bits per heavy atom. The lowest BCUT2D eigenvalue weighted by molar-refractivity contribution is 0.448. The van der Waals surface area contributed by atoms with E-state index >= 15 is 0 Å². The fraction of sp³-hybridized carbons (Fsp3) is 0.429. The van der Waals surface area contributed by atoms with Crippen molar-refractivity contribution in [2.24, 2.45) is 0 Å². The highest BCUT2D eigenvalue weighted by Gasteiger charge is 2.23. The molecule has 0 aliphatic heterocycles. The van der Waals surface area contributed by atoms with Crippen LogP contribution in [0.5, 0.6) is 0 Å². The highest BCUT2D eigenvalue weighted by molar-refractivity contribution is 5.33. The largest absolute Gasteiger partial charge is 0.310 e. The van der Waals surface area contributed by atoms with Gasteiger partial charge in [0.1, 0.15) is 0 Å². The second kappa shape index (κ2) is 3.82. The summed E-state index contributed by atoms with van der Waals surface area (Å²) in [5, 5.41) is 3.76. The van der Waals surface area contributed by atoms with Gasteiger partial charge < -0.3 is 5.32 Å². The van der Waals surface area contributed by atoms with Crippen LogP contribution in [0, 0.1) is 0 Å². The second-order valence-corrected chi connectivity index (χ2v) is 4.68. The highest BCUT2D eigenvalue weighted by Crippen LogP contribution is 2.23. The van der Waals surface area contributed by atoms with Crippen LogP contribution in [-0.4, -0.2) is 12.1 Å². The molecule has 1 nitrogen and oxygen atoms in total. The molecule has 0 aromatic heterocycles. The van der Waals surface area contributed by atoms with E-state index in [0.717, 1.165) is 0 Å². The molecule has 0 saturated heterocycles. The second-order valence-electron chi connectivity index (χ2n) is 4.68. The van der Waals surface area contributed by atoms with Crippen LogP contribution in [0.3, 0.4) is 0 Å². The number of benzene rings is 1. The number of nitrogens with one attached hydrogen (secondary N) is 1. The van der Waals surface area contributed by atoms with Crippen LogP contribution < -0.4 is 5.32 Å². The van der Waals surface area contributed by atoms with E-state index in [1.807, 2.05) is 0 Å². The molecule has 0 saturated carbocycles. The maximum atomic E-state index is 3.76. The van der Waals surface area contributed by atoms with Gasteiger partial charge in [0, 0.05) is 12.1 Å². The minimum absolute atomic E-state index is 0.673. The molecule has 78 valence electrons. The molecular weight excluding hydrogens is 182 g/mol. The zero-order valence-electron chi connectivity index (χ0n) is 8.95. The molecule has 1 aromatic rings. The fourth-order valence-corrected chi connectivity index (χ4v) is 2.76. The van der Waals surface area contributed by atoms with E-state index in [4.69, 9.17) is 0 Å². The Kier molecular flexibility index (Phi) is 2.34. The van der Waals surface area contributed by atoms with Crippen LogP contribution in [0.25, 0.3) is 0 Å². The van der Waals surface area contributed by atoms with Gasteiger partial charge in [-0.15, -0.1) is 0 Å². The van der Waals surface area contributed by atoms with E-state index in [1.165, 1.54) is 25.7 Å². The molecule has 0 fully saturated rings. The van der Waals surface area contributed by atoms with E-state index in [9.17, 15) is 0 Å². The average Bonchev–Trinajstić information content (AvgIpc) is 2.86. The SMILES string of the molecule is C1=CCC(NC2Cc3ccccc3C2)C1. The van der Waals surface area contributed by atoms with Gasteiger partial charge >= 0.3 is 0 Å². The molecule has 0 heterocycles. The van der Waals surface area contributed by atoms with Crippen molar-refractivity contribution in [3.05, 3.63) is 47.5 Å². The highest BCUT2D eigenvalue weighted by atomic mass is 15.0. The minimum Gasteiger partial charge on any atom is -0.310 e. The van der Waals surface area contributed by atoms with Crippen LogP contribution in [0.2, 0.25) is 0 Å². The fourth-order valence-electron chi connectivity index (χ4n) is 2.76. The first-order valence-electron chi connectivity index (χ1n) is 5.89. The molecular formula is C14H17N. The molecule has 15 heavy (non-hydrogen) atoms. The Labute approximate surface area is 91.2 Å². The zero-order chi connectivity index (χ0) is 10.1. The summed E-state index contributed by atoms with van der Waals surface area (Å²) in [7, 11) is 0. The molecule has 0 atom stereocenters. The molecule has 3 rings (SSSR count). The normalized spacial score (nSPS) is 21.1. The third-order valence-corrected chi connectivity index (χ3v) is 3.53. The van der Waals surface area contributed by atoms with Gasteiger partial charge in [-0.1, -0.05) is 36.4 Å². The molecule has 1 aromatic carbocycles. The van der Waals surface area contributed by atoms with E-state index in [-0.39, 0.29) is 0 Å². The standard InChI is InChI=1S/C14H17N/c1-2-6-12-10-14(9-11(12)5-1)15-13-7-3-4-8-13/h1-6,13-15H,7-10H2. The summed E-state index contributed by atoms with van der Waals surface area (Å²) >= 11 is 0. The van der Waals surface area contributed by atoms with E-state index in [1.54, 1.807) is 11.1 Å². The third-order valence-electron chi connectivity index (χ3n) is 3.53. The molecule has 2 aliphatic carbocycles. The lowest BCUT2D eigenvalue weighted by atomic mass is 10.1. The molecule has 0 bridgehead atoms. The van der Waals surface area contributed by atoms with Gasteiger partial charge in [0.25, 0.3) is 0 Å². The van der Waals surface area contributed by atoms with Crippen molar-refractivity contribution in [1.29, 1.82) is 0 Å². The van der Waals surface area contributed by atoms with E-state index in [0.29, 0.717) is 12.1 Å². The van der Waals surface area contributed by atoms with Gasteiger partial charge in [0.2, 0.25) is 0 Å². The molecule has 2 aliphatic rings. The van der Waals surface area contributed by atoms with Crippen molar-refractivity contribution in [3.8, 4) is 0 Å². The topological polar surface area (TPSA) is 12.0 Å². The van der Waals surface area contributed by atoms with Gasteiger partial charge in [-0.3, -0.25) is 0 Å². The Hall–Kier alpha value is -1.08. The monoisotopic (exact) mass is 199 g/mol. The molecule has 0 spiro atoms. The van der Waals surface area contributed by atoms with Crippen LogP contribution in [0.15, 0.2) is 36.4 Å². The van der Waals surface area contributed by atoms with E-state index < -0.39 is 0 Å². The summed E-state index contributed by atoms with van der Waals surface area (Å²) in [5.41, 5.74) is 3.09. The maximum absolute atomic E-state index is 3.76. The first-order valence-corrected chi connectivity index (χ1v) is 5.89. The first kappa shape index (κ1) is 9.17. The van der Waals surface area contributed by atoms with Gasteiger partial charge in [-0.2, -0.15) is 0 Å². The summed E-state index contributed by atoms with van der Waals surface area (Å²) < 4.78 is 0. The number of hydrogen-bond acceptors (Lipinski definition) is 1. The van der Waals surface area contributed by atoms with Crippen molar-refractivity contribution in [2.45, 2.75) is 37.8 Å². The van der Waals surface area contributed by atoms with Crippen molar-refractivity contribution in [2.75, 3.05) is 0 Å². The third kappa shape index (κ3) is 1.84. The van der Waals surface area contributed by atoms with Crippen LogP contribution >= 0.6 is 0 Å². The molecule has 0 amide bonds. The summed E-state index contributed by atoms with van der Waals surface area (Å²) in [6.45, 7) is 0. The van der Waals surface area contributed by atoms with Gasteiger partial charge in [0.15, 0.2) is 0 Å². The molecule has 0 radical (unpaired) electrons. The van der Waals surface area contributed by atoms with Crippen LogP contribution in [0.4, 0.5) is 0 Å². The Morgan fingerprint density at radius 3 is 2.07 bits per heavy atom. The Morgan fingerprint density at radius 2 is 1.47 bits per heavy atom. The predicted molar refractivity (Wildman–Crippen MR) is 62.9 cm³/mol. The predicted octanol–water partition coefficient (Wildman–Crippen LogP) is 2.46. The molecule has 0 unspecified atom stereocenters. The molecule has 1 N–H and O–H groups in total. The summed E-state index contributed by atoms with van der Waals surface area (Å²) in [4.78, 5) is 0. The van der Waals surface area contributed by atoms with Crippen molar-refractivity contribution < 1.29 is 0 Å². The first-order chi connectivity index (χ1) is 7.42. The average molecular weight is 199 g/mol. The number of fused-ring (bicyclic) bond motifs is 1. The van der Waals surface area contributed by atoms with Gasteiger partial charge in [0.05, 0.1) is 0 Å². The van der Waals surface area contributed by atoms with Crippen molar-refractivity contribution >= 4 is 0 Å². The van der Waals surface area contributed by atoms with E-state index in [2.05, 4.69) is 41.7 Å². The van der Waals surface area contributed by atoms with Crippen LogP contribution in [-0.2, 0) is 12.8 Å². The summed E-state index contributed by atoms with van der Waals surface area (Å²) in [6.07, 6.45) is 9.44. The maximum Gasteiger partial charge on any atom is 0.0151 e. The smallest absolute Gasteiger partial charge is 0.0151 e. The zero-order valence-corrected chi connectivity index (χ0v) is 8.95. The van der Waals surface area contributed by atoms with Gasteiger partial charge in [-0.05, 0) is 36.8 Å².